The van der Waals surface area contributed by atoms with Gasteiger partial charge in [0.1, 0.15) is 5.69 Å². The monoisotopic (exact) mass is 215 g/mol. The number of nitrogens with two attached hydrogens (primary N) is 1. The van der Waals surface area contributed by atoms with Crippen molar-refractivity contribution in [3.63, 3.8) is 0 Å². The van der Waals surface area contributed by atoms with Crippen LogP contribution in [0.2, 0.25) is 0 Å². The van der Waals surface area contributed by atoms with E-state index < -0.39 is 23.2 Å². The second-order valence-electron chi connectivity index (χ2n) is 2.82. The van der Waals surface area contributed by atoms with Gasteiger partial charge in [-0.2, -0.15) is 0 Å². The Morgan fingerprint density at radius 3 is 2.33 bits per heavy atom. The molecule has 0 heterocycles. The van der Waals surface area contributed by atoms with Gasteiger partial charge in [0.2, 0.25) is 0 Å². The van der Waals surface area contributed by atoms with E-state index in [1.54, 1.807) is 6.92 Å². The molecule has 0 saturated carbocycles. The van der Waals surface area contributed by atoms with Crippen molar-refractivity contribution in [1.82, 2.24) is 5.32 Å². The summed E-state index contributed by atoms with van der Waals surface area (Å²) in [6, 6.07) is 1.84. The second kappa shape index (κ2) is 4.70. The molecule has 0 aliphatic heterocycles. The lowest BCUT2D eigenvalue weighted by Gasteiger charge is -2.07. The summed E-state index contributed by atoms with van der Waals surface area (Å²) in [5.41, 5.74) is 1.35. The first-order chi connectivity index (χ1) is 7.10. The largest absolute Gasteiger partial charge is 0.352 e. The standard InChI is InChI=1S/C9H11F2N3O/c1-2-13-9(15)5-3-6(10)8(14-12)7(11)4-5/h3-4,14H,2,12H2,1H3,(H,13,15). The third kappa shape index (κ3) is 2.41. The average Bonchev–Trinajstić information content (AvgIpc) is 2.17. The lowest BCUT2D eigenvalue weighted by molar-refractivity contribution is 0.0955. The van der Waals surface area contributed by atoms with Gasteiger partial charge in [-0.25, -0.2) is 8.78 Å². The fraction of sp³-hybridized carbons (Fsp3) is 0.222. The molecule has 0 aliphatic carbocycles. The normalized spacial score (nSPS) is 9.87. The summed E-state index contributed by atoms with van der Waals surface area (Å²) < 4.78 is 26.3. The molecule has 0 bridgehead atoms. The number of benzene rings is 1. The zero-order chi connectivity index (χ0) is 11.4. The zero-order valence-corrected chi connectivity index (χ0v) is 8.10. The van der Waals surface area contributed by atoms with E-state index in [-0.39, 0.29) is 5.56 Å². The van der Waals surface area contributed by atoms with Gasteiger partial charge in [-0.3, -0.25) is 10.6 Å². The summed E-state index contributed by atoms with van der Waals surface area (Å²) in [4.78, 5) is 11.3. The summed E-state index contributed by atoms with van der Waals surface area (Å²) in [5.74, 6) is 2.57. The number of nitrogen functional groups attached to an aromatic ring is 1. The number of hydrogen-bond acceptors (Lipinski definition) is 3. The molecule has 0 spiro atoms. The van der Waals surface area contributed by atoms with E-state index >= 15 is 0 Å². The highest BCUT2D eigenvalue weighted by Crippen LogP contribution is 2.19. The van der Waals surface area contributed by atoms with Gasteiger partial charge in [0.15, 0.2) is 11.6 Å². The molecule has 0 saturated heterocycles. The van der Waals surface area contributed by atoms with Gasteiger partial charge in [-0.05, 0) is 19.1 Å². The molecule has 1 aromatic carbocycles. The van der Waals surface area contributed by atoms with Crippen molar-refractivity contribution in [3.05, 3.63) is 29.3 Å². The lowest BCUT2D eigenvalue weighted by Crippen LogP contribution is -2.23. The van der Waals surface area contributed by atoms with E-state index in [1.807, 2.05) is 5.43 Å². The molecule has 1 amide bonds. The predicted octanol–water partition coefficient (Wildman–Crippen LogP) is 1.00. The van der Waals surface area contributed by atoms with E-state index in [0.717, 1.165) is 12.1 Å². The van der Waals surface area contributed by atoms with Crippen molar-refractivity contribution in [2.45, 2.75) is 6.92 Å². The van der Waals surface area contributed by atoms with Crippen molar-refractivity contribution in [1.29, 1.82) is 0 Å². The Bertz CT molecular complexity index is 359. The summed E-state index contributed by atoms with van der Waals surface area (Å²) in [6.07, 6.45) is 0. The fourth-order valence-corrected chi connectivity index (χ4v) is 1.10. The first kappa shape index (κ1) is 11.4. The smallest absolute Gasteiger partial charge is 0.251 e. The van der Waals surface area contributed by atoms with Crippen LogP contribution in [-0.4, -0.2) is 12.5 Å². The number of carbonyl (C=O) groups is 1. The SMILES string of the molecule is CCNC(=O)c1cc(F)c(NN)c(F)c1. The number of anilines is 1. The van der Waals surface area contributed by atoms with Crippen molar-refractivity contribution in [3.8, 4) is 0 Å². The molecule has 0 unspecified atom stereocenters. The number of carbonyl (C=O) groups excluding carboxylic acids is 1. The van der Waals surface area contributed by atoms with Crippen LogP contribution in [0.4, 0.5) is 14.5 Å². The third-order valence-corrected chi connectivity index (χ3v) is 1.79. The van der Waals surface area contributed by atoms with Crippen LogP contribution < -0.4 is 16.6 Å². The Labute approximate surface area is 85.4 Å². The van der Waals surface area contributed by atoms with E-state index in [0.29, 0.717) is 6.54 Å². The number of rotatable bonds is 3. The highest BCUT2D eigenvalue weighted by molar-refractivity contribution is 5.94. The number of hydrazine groups is 1. The predicted molar refractivity (Wildman–Crippen MR) is 52.2 cm³/mol. The molecule has 1 aromatic rings. The molecule has 4 nitrogen and oxygen atoms in total. The summed E-state index contributed by atoms with van der Waals surface area (Å²) in [5, 5.41) is 2.43. The van der Waals surface area contributed by atoms with Gasteiger partial charge >= 0.3 is 0 Å². The molecule has 0 radical (unpaired) electrons. The van der Waals surface area contributed by atoms with E-state index in [1.165, 1.54) is 0 Å². The van der Waals surface area contributed by atoms with Crippen LogP contribution in [0, 0.1) is 11.6 Å². The Kier molecular flexibility index (Phi) is 3.56. The molecule has 4 N–H and O–H groups in total. The van der Waals surface area contributed by atoms with Crippen LogP contribution in [0.25, 0.3) is 0 Å². The molecular weight excluding hydrogens is 204 g/mol. The molecule has 0 aromatic heterocycles. The molecule has 6 heteroatoms. The Balaban J connectivity index is 3.08. The van der Waals surface area contributed by atoms with Gasteiger partial charge in [0, 0.05) is 12.1 Å². The Morgan fingerprint density at radius 2 is 1.93 bits per heavy atom. The maximum Gasteiger partial charge on any atom is 0.251 e. The minimum atomic E-state index is -0.904. The van der Waals surface area contributed by atoms with Crippen LogP contribution in [0.3, 0.4) is 0 Å². The molecule has 0 atom stereocenters. The Morgan fingerprint density at radius 1 is 1.40 bits per heavy atom. The average molecular weight is 215 g/mol. The van der Waals surface area contributed by atoms with Crippen molar-refractivity contribution < 1.29 is 13.6 Å². The maximum absolute atomic E-state index is 13.1. The van der Waals surface area contributed by atoms with E-state index in [9.17, 15) is 13.6 Å². The molecular formula is C9H11F2N3O. The number of halogens is 2. The number of amides is 1. The molecule has 15 heavy (non-hydrogen) atoms. The maximum atomic E-state index is 13.1. The van der Waals surface area contributed by atoms with Crippen LogP contribution in [0.1, 0.15) is 17.3 Å². The molecule has 0 aliphatic rings. The van der Waals surface area contributed by atoms with Gasteiger partial charge in [-0.1, -0.05) is 0 Å². The van der Waals surface area contributed by atoms with E-state index in [2.05, 4.69) is 5.32 Å². The minimum absolute atomic E-state index is 0.0779. The first-order valence-corrected chi connectivity index (χ1v) is 4.34. The van der Waals surface area contributed by atoms with Crippen molar-refractivity contribution >= 4 is 11.6 Å². The van der Waals surface area contributed by atoms with Gasteiger partial charge in [-0.15, -0.1) is 0 Å². The van der Waals surface area contributed by atoms with Crippen LogP contribution in [0.5, 0.6) is 0 Å². The quantitative estimate of drug-likeness (QED) is 0.520. The zero-order valence-electron chi connectivity index (χ0n) is 8.10. The highest BCUT2D eigenvalue weighted by atomic mass is 19.1. The Hall–Kier alpha value is -1.69. The minimum Gasteiger partial charge on any atom is -0.352 e. The number of nitrogens with one attached hydrogen (secondary N) is 2. The third-order valence-electron chi connectivity index (χ3n) is 1.79. The molecule has 82 valence electrons. The van der Waals surface area contributed by atoms with Gasteiger partial charge in [0.05, 0.1) is 0 Å². The number of hydrogen-bond donors (Lipinski definition) is 3. The lowest BCUT2D eigenvalue weighted by atomic mass is 10.1. The van der Waals surface area contributed by atoms with Gasteiger partial charge < -0.3 is 10.7 Å². The topological polar surface area (TPSA) is 67.2 Å². The van der Waals surface area contributed by atoms with Crippen LogP contribution in [-0.2, 0) is 0 Å². The van der Waals surface area contributed by atoms with Crippen LogP contribution in [0.15, 0.2) is 12.1 Å². The van der Waals surface area contributed by atoms with Gasteiger partial charge in [0.25, 0.3) is 5.91 Å². The van der Waals surface area contributed by atoms with E-state index in [4.69, 9.17) is 5.84 Å². The molecule has 0 fully saturated rings. The highest BCUT2D eigenvalue weighted by Gasteiger charge is 2.13. The summed E-state index contributed by atoms with van der Waals surface area (Å²) in [7, 11) is 0. The first-order valence-electron chi connectivity index (χ1n) is 4.34. The van der Waals surface area contributed by atoms with Crippen molar-refractivity contribution in [2.75, 3.05) is 12.0 Å². The van der Waals surface area contributed by atoms with Crippen molar-refractivity contribution in [2.24, 2.45) is 5.84 Å². The van der Waals surface area contributed by atoms with Crippen LogP contribution >= 0.6 is 0 Å². The second-order valence-corrected chi connectivity index (χ2v) is 2.82. The summed E-state index contributed by atoms with van der Waals surface area (Å²) in [6.45, 7) is 2.10. The summed E-state index contributed by atoms with van der Waals surface area (Å²) >= 11 is 0. The fourth-order valence-electron chi connectivity index (χ4n) is 1.10. The molecule has 1 rings (SSSR count).